The third kappa shape index (κ3) is 2.75. The van der Waals surface area contributed by atoms with Gasteiger partial charge in [-0.25, -0.2) is 0 Å². The number of rotatable bonds is 5. The van der Waals surface area contributed by atoms with Crippen LogP contribution in [0.15, 0.2) is 27.8 Å². The summed E-state index contributed by atoms with van der Waals surface area (Å²) in [7, 11) is 0. The largest absolute Gasteiger partial charge is 0.345 e. The highest BCUT2D eigenvalue weighted by atomic mass is 16.2. The highest BCUT2D eigenvalue weighted by Gasteiger charge is 2.41. The molecule has 4 N–H and O–H groups in total. The quantitative estimate of drug-likeness (QED) is 0.696. The molecule has 0 saturated heterocycles. The van der Waals surface area contributed by atoms with E-state index in [9.17, 15) is 14.4 Å². The molecule has 1 atom stereocenters. The number of carbonyl (C=O) groups excluding carboxylic acids is 1. The van der Waals surface area contributed by atoms with E-state index >= 15 is 0 Å². The molecule has 1 aliphatic carbocycles. The summed E-state index contributed by atoms with van der Waals surface area (Å²) in [4.78, 5) is 38.7. The average molecular weight is 330 g/mol. The molecule has 1 aromatic carbocycles. The van der Waals surface area contributed by atoms with Gasteiger partial charge in [-0.2, -0.15) is 0 Å². The van der Waals surface area contributed by atoms with Gasteiger partial charge in [-0.3, -0.25) is 14.4 Å². The van der Waals surface area contributed by atoms with Crippen LogP contribution in [0.2, 0.25) is 0 Å². The zero-order chi connectivity index (χ0) is 17.5. The van der Waals surface area contributed by atoms with E-state index in [-0.39, 0.29) is 5.91 Å². The normalized spacial score (nSPS) is 16.8. The summed E-state index contributed by atoms with van der Waals surface area (Å²) in [5.74, 6) is 0.184. The Hall–Kier alpha value is -2.41. The topological polar surface area (TPSA) is 110 Å². The van der Waals surface area contributed by atoms with Gasteiger partial charge in [0.15, 0.2) is 0 Å². The lowest BCUT2D eigenvalue weighted by Crippen LogP contribution is -2.53. The predicted molar refractivity (Wildman–Crippen MR) is 92.2 cm³/mol. The smallest absolute Gasteiger partial charge is 0.316 e. The molecule has 0 radical (unpaired) electrons. The first-order chi connectivity index (χ1) is 11.4. The molecule has 1 aliphatic rings. The molecule has 0 bridgehead atoms. The Bertz CT molecular complexity index is 910. The maximum atomic E-state index is 12.6. The van der Waals surface area contributed by atoms with E-state index in [1.165, 1.54) is 4.57 Å². The lowest BCUT2D eigenvalue weighted by Gasteiger charge is -2.29. The first-order valence-electron chi connectivity index (χ1n) is 8.19. The number of H-pyrrole nitrogens is 1. The van der Waals surface area contributed by atoms with E-state index in [2.05, 4.69) is 10.3 Å². The number of aromatic amines is 1. The monoisotopic (exact) mass is 330 g/mol. The number of fused-ring (bicyclic) bond motifs is 1. The van der Waals surface area contributed by atoms with E-state index in [1.807, 2.05) is 6.92 Å². The molecule has 3 rings (SSSR count). The van der Waals surface area contributed by atoms with Gasteiger partial charge >= 0.3 is 11.1 Å². The summed E-state index contributed by atoms with van der Waals surface area (Å²) in [5.41, 5.74) is 5.64. The van der Waals surface area contributed by atoms with Gasteiger partial charge in [-0.1, -0.05) is 0 Å². The summed E-state index contributed by atoms with van der Waals surface area (Å²) in [6.45, 7) is 4.52. The van der Waals surface area contributed by atoms with Gasteiger partial charge in [0, 0.05) is 18.7 Å². The molecular weight excluding hydrogens is 308 g/mol. The summed E-state index contributed by atoms with van der Waals surface area (Å²) in [6, 6.07) is 4.94. The number of nitrogens with one attached hydrogen (secondary N) is 2. The molecule has 7 nitrogen and oxygen atoms in total. The molecule has 1 fully saturated rings. The van der Waals surface area contributed by atoms with Crippen LogP contribution >= 0.6 is 0 Å². The van der Waals surface area contributed by atoms with Gasteiger partial charge in [-0.15, -0.1) is 0 Å². The van der Waals surface area contributed by atoms with Crippen LogP contribution in [-0.2, 0) is 6.54 Å². The van der Waals surface area contributed by atoms with E-state index in [1.54, 1.807) is 25.1 Å². The molecule has 2 aromatic rings. The van der Waals surface area contributed by atoms with Crippen molar-refractivity contribution in [3.05, 3.63) is 44.5 Å². The van der Waals surface area contributed by atoms with E-state index < -0.39 is 16.7 Å². The van der Waals surface area contributed by atoms with Crippen molar-refractivity contribution in [1.29, 1.82) is 0 Å². The number of amides is 1. The van der Waals surface area contributed by atoms with Crippen LogP contribution in [0, 0.1) is 5.92 Å². The van der Waals surface area contributed by atoms with Crippen LogP contribution in [0.1, 0.15) is 37.0 Å². The molecule has 1 unspecified atom stereocenters. The first kappa shape index (κ1) is 16.4. The van der Waals surface area contributed by atoms with Crippen LogP contribution in [0.4, 0.5) is 0 Å². The van der Waals surface area contributed by atoms with Gasteiger partial charge in [0.25, 0.3) is 5.91 Å². The molecule has 7 heteroatoms. The highest BCUT2D eigenvalue weighted by Crippen LogP contribution is 2.39. The van der Waals surface area contributed by atoms with E-state index in [0.29, 0.717) is 35.6 Å². The van der Waals surface area contributed by atoms with Crippen LogP contribution < -0.4 is 22.2 Å². The molecule has 1 saturated carbocycles. The molecule has 0 spiro atoms. The second kappa shape index (κ2) is 5.90. The van der Waals surface area contributed by atoms with E-state index in [0.717, 1.165) is 12.8 Å². The minimum atomic E-state index is -0.688. The first-order valence-corrected chi connectivity index (χ1v) is 8.19. The Morgan fingerprint density at radius 3 is 2.71 bits per heavy atom. The fourth-order valence-corrected chi connectivity index (χ4v) is 3.11. The van der Waals surface area contributed by atoms with Crippen LogP contribution in [0.25, 0.3) is 11.0 Å². The van der Waals surface area contributed by atoms with Crippen molar-refractivity contribution in [1.82, 2.24) is 14.9 Å². The van der Waals surface area contributed by atoms with Crippen molar-refractivity contribution in [2.24, 2.45) is 11.7 Å². The van der Waals surface area contributed by atoms with Gasteiger partial charge in [0.1, 0.15) is 0 Å². The molecule has 1 aromatic heterocycles. The Balaban J connectivity index is 1.99. The van der Waals surface area contributed by atoms with Crippen molar-refractivity contribution in [2.75, 3.05) is 6.54 Å². The molecule has 1 heterocycles. The molecule has 1 amide bonds. The van der Waals surface area contributed by atoms with Crippen LogP contribution in [0.5, 0.6) is 0 Å². The van der Waals surface area contributed by atoms with Crippen molar-refractivity contribution in [3.63, 3.8) is 0 Å². The Kier molecular flexibility index (Phi) is 4.04. The number of aromatic nitrogens is 2. The number of nitrogens with zero attached hydrogens (tertiary/aromatic N) is 1. The number of nitrogens with two attached hydrogens (primary N) is 1. The third-order valence-electron chi connectivity index (χ3n) is 4.85. The van der Waals surface area contributed by atoms with Crippen molar-refractivity contribution in [2.45, 2.75) is 38.8 Å². The van der Waals surface area contributed by atoms with E-state index in [4.69, 9.17) is 5.73 Å². The fraction of sp³-hybridized carbons (Fsp3) is 0.471. The van der Waals surface area contributed by atoms with Crippen molar-refractivity contribution >= 4 is 16.9 Å². The average Bonchev–Trinajstić information content (AvgIpc) is 3.41. The lowest BCUT2D eigenvalue weighted by atomic mass is 9.95. The number of hydrogen-bond acceptors (Lipinski definition) is 4. The SMILES string of the molecule is CCn1c(=O)c(=O)[nH]c2cc(C(=O)NC(C)(CN)C3CC3)ccc21. The summed E-state index contributed by atoms with van der Waals surface area (Å²) < 4.78 is 1.39. The summed E-state index contributed by atoms with van der Waals surface area (Å²) >= 11 is 0. The summed E-state index contributed by atoms with van der Waals surface area (Å²) in [5, 5.41) is 3.02. The number of aryl methyl sites for hydroxylation is 1. The molecule has 128 valence electrons. The van der Waals surface area contributed by atoms with Crippen LogP contribution in [-0.4, -0.2) is 27.5 Å². The fourth-order valence-electron chi connectivity index (χ4n) is 3.11. The minimum absolute atomic E-state index is 0.230. The maximum Gasteiger partial charge on any atom is 0.316 e. The van der Waals surface area contributed by atoms with Crippen LogP contribution in [0.3, 0.4) is 0 Å². The second-order valence-corrected chi connectivity index (χ2v) is 6.59. The predicted octanol–water partition coefficient (Wildman–Crippen LogP) is 0.567. The van der Waals surface area contributed by atoms with Gasteiger partial charge in [0.05, 0.1) is 16.6 Å². The molecule has 24 heavy (non-hydrogen) atoms. The third-order valence-corrected chi connectivity index (χ3v) is 4.85. The standard InChI is InChI=1S/C17H22N4O3/c1-3-21-13-7-4-10(8-12(13)19-15(23)16(21)24)14(22)20-17(2,9-18)11-5-6-11/h4,7-8,11H,3,5-6,9,18H2,1-2H3,(H,19,23)(H,20,22). The Morgan fingerprint density at radius 1 is 1.42 bits per heavy atom. The lowest BCUT2D eigenvalue weighted by molar-refractivity contribution is 0.0898. The number of benzene rings is 1. The van der Waals surface area contributed by atoms with Gasteiger partial charge in [-0.05, 0) is 50.8 Å². The van der Waals surface area contributed by atoms with Gasteiger partial charge < -0.3 is 20.6 Å². The van der Waals surface area contributed by atoms with Crippen molar-refractivity contribution in [3.8, 4) is 0 Å². The molecular formula is C17H22N4O3. The second-order valence-electron chi connectivity index (χ2n) is 6.59. The minimum Gasteiger partial charge on any atom is -0.345 e. The Labute approximate surface area is 138 Å². The Morgan fingerprint density at radius 2 is 2.12 bits per heavy atom. The molecule has 0 aliphatic heterocycles. The van der Waals surface area contributed by atoms with Crippen molar-refractivity contribution < 1.29 is 4.79 Å². The number of carbonyl (C=O) groups is 1. The number of hydrogen-bond donors (Lipinski definition) is 3. The highest BCUT2D eigenvalue weighted by molar-refractivity contribution is 5.97. The zero-order valence-corrected chi connectivity index (χ0v) is 13.9. The maximum absolute atomic E-state index is 12.6. The zero-order valence-electron chi connectivity index (χ0n) is 13.9. The van der Waals surface area contributed by atoms with Gasteiger partial charge in [0.2, 0.25) is 0 Å². The summed E-state index contributed by atoms with van der Waals surface area (Å²) in [6.07, 6.45) is 2.14.